The Bertz CT molecular complexity index is 851. The number of rotatable bonds is 7. The number of ether oxygens (including phenoxy) is 1. The third kappa shape index (κ3) is 5.45. The molecule has 0 saturated carbocycles. The minimum atomic E-state index is -3.61. The molecular weight excluding hydrogens is 342 g/mol. The van der Waals surface area contributed by atoms with Crippen molar-refractivity contribution in [3.8, 4) is 6.07 Å². The molecule has 0 atom stereocenters. The van der Waals surface area contributed by atoms with Gasteiger partial charge in [-0.1, -0.05) is 12.1 Å². The highest BCUT2D eigenvalue weighted by atomic mass is 32.2. The number of para-hydroxylation sites is 1. The number of nitriles is 1. The number of amides is 1. The molecule has 0 aliphatic heterocycles. The highest BCUT2D eigenvalue weighted by Crippen LogP contribution is 2.20. The number of hydrogen-bond acceptors (Lipinski definition) is 5. The zero-order chi connectivity index (χ0) is 18.3. The fourth-order valence-corrected chi connectivity index (χ4v) is 3.23. The number of sulfonamides is 1. The van der Waals surface area contributed by atoms with Crippen LogP contribution < -0.4 is 10.0 Å². The highest BCUT2D eigenvalue weighted by molar-refractivity contribution is 7.92. The lowest BCUT2D eigenvalue weighted by Gasteiger charge is -2.15. The molecule has 0 radical (unpaired) electrons. The van der Waals surface area contributed by atoms with E-state index in [9.17, 15) is 13.2 Å². The Kier molecular flexibility index (Phi) is 6.33. The van der Waals surface area contributed by atoms with Crippen LogP contribution in [-0.2, 0) is 14.8 Å². The molecule has 7 nitrogen and oxygen atoms in total. The van der Waals surface area contributed by atoms with Gasteiger partial charge in [0.25, 0.3) is 5.91 Å². The first kappa shape index (κ1) is 18.7. The third-order valence-electron chi connectivity index (χ3n) is 3.56. The van der Waals surface area contributed by atoms with Crippen LogP contribution in [0.25, 0.3) is 0 Å². The molecule has 0 heterocycles. The van der Waals surface area contributed by atoms with Crippen LogP contribution >= 0.6 is 0 Å². The van der Waals surface area contributed by atoms with Gasteiger partial charge in [-0.15, -0.1) is 0 Å². The fraction of sp³-hybridized carbons (Fsp3) is 0.294. The Morgan fingerprint density at radius 1 is 1.28 bits per heavy atom. The Morgan fingerprint density at radius 3 is 2.68 bits per heavy atom. The van der Waals surface area contributed by atoms with Gasteiger partial charge in [-0.2, -0.15) is 5.26 Å². The van der Waals surface area contributed by atoms with Gasteiger partial charge in [0, 0.05) is 18.4 Å². The van der Waals surface area contributed by atoms with Gasteiger partial charge in [0.05, 0.1) is 29.7 Å². The number of allylic oxidation sites excluding steroid dienone is 4. The molecule has 2 N–H and O–H groups in total. The molecule has 8 heteroatoms. The van der Waals surface area contributed by atoms with Crippen molar-refractivity contribution in [1.29, 1.82) is 5.26 Å². The molecule has 132 valence electrons. The van der Waals surface area contributed by atoms with Crippen molar-refractivity contribution < 1.29 is 17.9 Å². The summed E-state index contributed by atoms with van der Waals surface area (Å²) in [5.41, 5.74) is 1.77. The molecule has 0 aromatic heterocycles. The van der Waals surface area contributed by atoms with Gasteiger partial charge in [0.2, 0.25) is 10.0 Å². The zero-order valence-electron chi connectivity index (χ0n) is 13.8. The average molecular weight is 361 g/mol. The number of hydrogen-bond donors (Lipinski definition) is 2. The van der Waals surface area contributed by atoms with Crippen molar-refractivity contribution >= 4 is 21.6 Å². The lowest BCUT2D eigenvalue weighted by atomic mass is 10.0. The summed E-state index contributed by atoms with van der Waals surface area (Å²) in [7, 11) is -2.19. The van der Waals surface area contributed by atoms with Crippen molar-refractivity contribution in [3.63, 3.8) is 0 Å². The molecule has 1 aliphatic carbocycles. The second kappa shape index (κ2) is 8.46. The topological polar surface area (TPSA) is 108 Å². The molecular formula is C17H19N3O4S. The third-order valence-corrected chi connectivity index (χ3v) is 4.80. The van der Waals surface area contributed by atoms with Crippen LogP contribution in [0.4, 0.5) is 5.69 Å². The molecule has 0 saturated heterocycles. The summed E-state index contributed by atoms with van der Waals surface area (Å²) in [5, 5.41) is 11.6. The van der Waals surface area contributed by atoms with Crippen LogP contribution in [-0.4, -0.2) is 33.8 Å². The lowest BCUT2D eigenvalue weighted by molar-refractivity contribution is 0.0965. The van der Waals surface area contributed by atoms with Gasteiger partial charge in [0.15, 0.2) is 0 Å². The van der Waals surface area contributed by atoms with Crippen molar-refractivity contribution in [3.05, 3.63) is 53.3 Å². The van der Waals surface area contributed by atoms with Gasteiger partial charge in [0.1, 0.15) is 0 Å². The smallest absolute Gasteiger partial charge is 0.257 e. The summed E-state index contributed by atoms with van der Waals surface area (Å²) in [6, 6.07) is 8.46. The van der Waals surface area contributed by atoms with Crippen LogP contribution in [0.15, 0.2) is 47.7 Å². The van der Waals surface area contributed by atoms with Gasteiger partial charge >= 0.3 is 0 Å². The minimum Gasteiger partial charge on any atom is -0.384 e. The Balaban J connectivity index is 2.15. The number of anilines is 1. The first-order valence-corrected chi connectivity index (χ1v) is 9.30. The van der Waals surface area contributed by atoms with E-state index < -0.39 is 15.9 Å². The second-order valence-corrected chi connectivity index (χ2v) is 7.25. The molecule has 2 rings (SSSR count). The number of benzene rings is 1. The normalized spacial score (nSPS) is 14.1. The van der Waals surface area contributed by atoms with Crippen molar-refractivity contribution in [2.24, 2.45) is 0 Å². The predicted molar refractivity (Wildman–Crippen MR) is 94.2 cm³/mol. The van der Waals surface area contributed by atoms with E-state index in [0.717, 1.165) is 0 Å². The monoisotopic (exact) mass is 361 g/mol. The minimum absolute atomic E-state index is 0.0597. The number of nitrogens with zero attached hydrogens (tertiary/aromatic N) is 1. The summed E-state index contributed by atoms with van der Waals surface area (Å²) in [6.45, 7) is 0.0597. The first-order valence-electron chi connectivity index (χ1n) is 7.65. The maximum Gasteiger partial charge on any atom is 0.257 e. The van der Waals surface area contributed by atoms with E-state index in [0.29, 0.717) is 24.1 Å². The fourth-order valence-electron chi connectivity index (χ4n) is 2.23. The van der Waals surface area contributed by atoms with Crippen LogP contribution in [0.1, 0.15) is 23.2 Å². The summed E-state index contributed by atoms with van der Waals surface area (Å²) >= 11 is 0. The molecule has 0 fully saturated rings. The van der Waals surface area contributed by atoms with Crippen LogP contribution in [0.5, 0.6) is 0 Å². The summed E-state index contributed by atoms with van der Waals surface area (Å²) < 4.78 is 31.2. The molecule has 1 aromatic carbocycles. The van der Waals surface area contributed by atoms with Crippen molar-refractivity contribution in [2.75, 3.05) is 24.2 Å². The van der Waals surface area contributed by atoms with Gasteiger partial charge in [-0.25, -0.2) is 8.42 Å². The molecule has 1 aromatic rings. The summed E-state index contributed by atoms with van der Waals surface area (Å²) in [4.78, 5) is 12.5. The van der Waals surface area contributed by atoms with E-state index in [-0.39, 0.29) is 23.6 Å². The second-order valence-electron chi connectivity index (χ2n) is 5.41. The van der Waals surface area contributed by atoms with Gasteiger partial charge in [-0.05, 0) is 37.1 Å². The molecule has 0 unspecified atom stereocenters. The number of methoxy groups -OCH3 is 1. The van der Waals surface area contributed by atoms with Crippen LogP contribution in [0.2, 0.25) is 0 Å². The predicted octanol–water partition coefficient (Wildman–Crippen LogP) is 1.93. The molecule has 1 amide bonds. The highest BCUT2D eigenvalue weighted by Gasteiger charge is 2.17. The molecule has 0 spiro atoms. The maximum atomic E-state index is 12.5. The van der Waals surface area contributed by atoms with Gasteiger partial charge in [-0.3, -0.25) is 9.52 Å². The van der Waals surface area contributed by atoms with E-state index >= 15 is 0 Å². The maximum absolute atomic E-state index is 12.5. The Morgan fingerprint density at radius 2 is 2.04 bits per heavy atom. The SMILES string of the molecule is COCCS(=O)(=O)Nc1ccccc1C(=O)NC1=CC=C(C#N)CC1. The average Bonchev–Trinajstić information content (AvgIpc) is 2.61. The zero-order valence-corrected chi connectivity index (χ0v) is 14.6. The number of carbonyl (C=O) groups excluding carboxylic acids is 1. The van der Waals surface area contributed by atoms with Crippen molar-refractivity contribution in [2.45, 2.75) is 12.8 Å². The summed E-state index contributed by atoms with van der Waals surface area (Å²) in [5.74, 6) is -0.614. The van der Waals surface area contributed by atoms with E-state index in [4.69, 9.17) is 10.00 Å². The lowest BCUT2D eigenvalue weighted by Crippen LogP contribution is -2.26. The molecule has 25 heavy (non-hydrogen) atoms. The summed E-state index contributed by atoms with van der Waals surface area (Å²) in [6.07, 6.45) is 4.46. The standard InChI is InChI=1S/C17H19N3O4S/c1-24-10-11-25(22,23)20-16-5-3-2-4-15(16)17(21)19-14-8-6-13(12-18)7-9-14/h2-6,8,20H,7,9-11H2,1H3,(H,19,21). The van der Waals surface area contributed by atoms with E-state index in [1.807, 2.05) is 0 Å². The van der Waals surface area contributed by atoms with Crippen LogP contribution in [0.3, 0.4) is 0 Å². The Hall–Kier alpha value is -2.63. The van der Waals surface area contributed by atoms with Crippen LogP contribution in [0, 0.1) is 11.3 Å². The first-order chi connectivity index (χ1) is 11.9. The van der Waals surface area contributed by atoms with Crippen molar-refractivity contribution in [1.82, 2.24) is 5.32 Å². The largest absolute Gasteiger partial charge is 0.384 e. The van der Waals surface area contributed by atoms with Gasteiger partial charge < -0.3 is 10.1 Å². The number of nitrogens with one attached hydrogen (secondary N) is 2. The Labute approximate surface area is 147 Å². The molecule has 1 aliphatic rings. The van der Waals surface area contributed by atoms with E-state index in [1.165, 1.54) is 13.2 Å². The molecule has 0 bridgehead atoms. The quantitative estimate of drug-likeness (QED) is 0.771. The van der Waals surface area contributed by atoms with E-state index in [1.54, 1.807) is 30.4 Å². The van der Waals surface area contributed by atoms with E-state index in [2.05, 4.69) is 16.1 Å². The number of carbonyl (C=O) groups is 1.